The molecule has 0 bridgehead atoms. The van der Waals surface area contributed by atoms with E-state index in [2.05, 4.69) is 27.7 Å². The summed E-state index contributed by atoms with van der Waals surface area (Å²) in [6, 6.07) is 0. The van der Waals surface area contributed by atoms with Gasteiger partial charge in [-0.2, -0.15) is 0 Å². The molecule has 28 heavy (non-hydrogen) atoms. The number of hydrogen-bond donors (Lipinski definition) is 0. The molecule has 2 unspecified atom stereocenters. The standard InChI is InChI=1S/C27H55O/c1-5-9-12-15-17-20-23-26(22-19-14-11-7-3)27(28,24-8-4)25-21-18-16-13-10-6-2/h26H,5-25H2,1-4H3. The van der Waals surface area contributed by atoms with Gasteiger partial charge in [-0.05, 0) is 31.6 Å². The Morgan fingerprint density at radius 1 is 0.464 bits per heavy atom. The Morgan fingerprint density at radius 3 is 1.32 bits per heavy atom. The van der Waals surface area contributed by atoms with Crippen LogP contribution in [0.25, 0.3) is 0 Å². The highest BCUT2D eigenvalue weighted by atomic mass is 16.3. The van der Waals surface area contributed by atoms with Crippen LogP contribution in [0.4, 0.5) is 0 Å². The molecule has 0 aromatic rings. The van der Waals surface area contributed by atoms with Crippen molar-refractivity contribution in [1.82, 2.24) is 0 Å². The van der Waals surface area contributed by atoms with Crippen LogP contribution >= 0.6 is 0 Å². The van der Waals surface area contributed by atoms with Crippen molar-refractivity contribution >= 4 is 0 Å². The van der Waals surface area contributed by atoms with Gasteiger partial charge in [-0.25, -0.2) is 5.11 Å². The maximum Gasteiger partial charge on any atom is 0.106 e. The largest absolute Gasteiger partial charge is 0.229 e. The third-order valence-corrected chi connectivity index (χ3v) is 6.68. The zero-order valence-electron chi connectivity index (χ0n) is 20.3. The van der Waals surface area contributed by atoms with Crippen molar-refractivity contribution < 1.29 is 5.11 Å². The summed E-state index contributed by atoms with van der Waals surface area (Å²) in [7, 11) is 0. The molecule has 0 fully saturated rings. The molecule has 0 aromatic heterocycles. The fourth-order valence-corrected chi connectivity index (χ4v) is 4.82. The minimum Gasteiger partial charge on any atom is -0.229 e. The highest BCUT2D eigenvalue weighted by Crippen LogP contribution is 2.37. The van der Waals surface area contributed by atoms with E-state index in [1.807, 2.05) is 0 Å². The van der Waals surface area contributed by atoms with Crippen molar-refractivity contribution in [2.24, 2.45) is 5.92 Å². The number of rotatable bonds is 22. The predicted molar refractivity (Wildman–Crippen MR) is 127 cm³/mol. The van der Waals surface area contributed by atoms with E-state index in [9.17, 15) is 5.11 Å². The first-order chi connectivity index (χ1) is 13.6. The molecule has 0 aliphatic rings. The summed E-state index contributed by atoms with van der Waals surface area (Å²) in [5.74, 6) is 0.422. The third kappa shape index (κ3) is 14.9. The first-order valence-electron chi connectivity index (χ1n) is 13.3. The lowest BCUT2D eigenvalue weighted by atomic mass is 9.74. The van der Waals surface area contributed by atoms with Crippen LogP contribution in [0.15, 0.2) is 0 Å². The second-order valence-corrected chi connectivity index (χ2v) is 9.44. The Morgan fingerprint density at radius 2 is 0.857 bits per heavy atom. The average Bonchev–Trinajstić information content (AvgIpc) is 2.69. The SMILES string of the molecule is CCCCCCCCC(CCCCCC)C([O])(CCC)CCCCCCCC. The Balaban J connectivity index is 4.56. The summed E-state index contributed by atoms with van der Waals surface area (Å²) >= 11 is 0. The van der Waals surface area contributed by atoms with Gasteiger partial charge in [0.15, 0.2) is 0 Å². The second-order valence-electron chi connectivity index (χ2n) is 9.44. The number of hydrogen-bond acceptors (Lipinski definition) is 0. The van der Waals surface area contributed by atoms with Gasteiger partial charge in [0.2, 0.25) is 0 Å². The normalized spacial score (nSPS) is 14.9. The number of unbranched alkanes of at least 4 members (excludes halogenated alkanes) is 13. The third-order valence-electron chi connectivity index (χ3n) is 6.68. The smallest absolute Gasteiger partial charge is 0.106 e. The topological polar surface area (TPSA) is 19.9 Å². The van der Waals surface area contributed by atoms with Crippen LogP contribution in [0.3, 0.4) is 0 Å². The van der Waals surface area contributed by atoms with Crippen molar-refractivity contribution in [2.45, 2.75) is 168 Å². The monoisotopic (exact) mass is 395 g/mol. The van der Waals surface area contributed by atoms with Crippen LogP contribution in [0.2, 0.25) is 0 Å². The Bertz CT molecular complexity index is 301. The van der Waals surface area contributed by atoms with Gasteiger partial charge in [0.25, 0.3) is 0 Å². The lowest BCUT2D eigenvalue weighted by Crippen LogP contribution is -2.36. The summed E-state index contributed by atoms with van der Waals surface area (Å²) < 4.78 is 0. The van der Waals surface area contributed by atoms with Crippen LogP contribution in [-0.2, 0) is 5.11 Å². The summed E-state index contributed by atoms with van der Waals surface area (Å²) in [6.45, 7) is 9.05. The highest BCUT2D eigenvalue weighted by molar-refractivity contribution is 4.86. The summed E-state index contributed by atoms with van der Waals surface area (Å²) in [6.07, 6.45) is 26.3. The molecular formula is C27H55O. The van der Waals surface area contributed by atoms with Crippen LogP contribution in [0.1, 0.15) is 163 Å². The Labute approximate surface area is 179 Å². The second kappa shape index (κ2) is 20.2. The molecule has 0 amide bonds. The summed E-state index contributed by atoms with van der Waals surface area (Å²) in [5.41, 5.74) is -0.644. The van der Waals surface area contributed by atoms with Gasteiger partial charge < -0.3 is 0 Å². The summed E-state index contributed by atoms with van der Waals surface area (Å²) in [5, 5.41) is 13.9. The Hall–Kier alpha value is -0.0400. The molecule has 1 radical (unpaired) electrons. The van der Waals surface area contributed by atoms with Crippen LogP contribution in [0.5, 0.6) is 0 Å². The molecule has 1 nitrogen and oxygen atoms in total. The molecule has 0 aliphatic heterocycles. The van der Waals surface area contributed by atoms with E-state index in [4.69, 9.17) is 0 Å². The summed E-state index contributed by atoms with van der Waals surface area (Å²) in [4.78, 5) is 0. The van der Waals surface area contributed by atoms with Crippen molar-refractivity contribution in [3.8, 4) is 0 Å². The molecule has 1 heteroatoms. The molecule has 0 rings (SSSR count). The van der Waals surface area contributed by atoms with Crippen molar-refractivity contribution in [3.63, 3.8) is 0 Å². The van der Waals surface area contributed by atoms with E-state index in [1.165, 1.54) is 109 Å². The molecule has 0 N–H and O–H groups in total. The Kier molecular flexibility index (Phi) is 20.2. The van der Waals surface area contributed by atoms with E-state index in [0.29, 0.717) is 5.92 Å². The molecular weight excluding hydrogens is 340 g/mol. The maximum absolute atomic E-state index is 13.9. The van der Waals surface area contributed by atoms with E-state index >= 15 is 0 Å². The van der Waals surface area contributed by atoms with Gasteiger partial charge in [-0.1, -0.05) is 137 Å². The van der Waals surface area contributed by atoms with E-state index in [0.717, 1.165) is 25.7 Å². The van der Waals surface area contributed by atoms with E-state index in [-0.39, 0.29) is 0 Å². The van der Waals surface area contributed by atoms with Crippen molar-refractivity contribution in [3.05, 3.63) is 0 Å². The van der Waals surface area contributed by atoms with Crippen molar-refractivity contribution in [2.75, 3.05) is 0 Å². The average molecular weight is 396 g/mol. The van der Waals surface area contributed by atoms with Gasteiger partial charge in [0.05, 0.1) is 0 Å². The molecule has 169 valence electrons. The minimum absolute atomic E-state index is 0.422. The molecule has 2 atom stereocenters. The predicted octanol–water partition coefficient (Wildman–Crippen LogP) is 10.0. The molecule has 0 aromatic carbocycles. The maximum atomic E-state index is 13.9. The van der Waals surface area contributed by atoms with Gasteiger partial charge in [0.1, 0.15) is 5.60 Å². The van der Waals surface area contributed by atoms with Crippen molar-refractivity contribution in [1.29, 1.82) is 0 Å². The molecule has 0 saturated carbocycles. The molecule has 0 aliphatic carbocycles. The fraction of sp³-hybridized carbons (Fsp3) is 1.00. The van der Waals surface area contributed by atoms with Crippen LogP contribution < -0.4 is 0 Å². The highest BCUT2D eigenvalue weighted by Gasteiger charge is 2.36. The lowest BCUT2D eigenvalue weighted by Gasteiger charge is -2.35. The fourth-order valence-electron chi connectivity index (χ4n) is 4.82. The lowest BCUT2D eigenvalue weighted by molar-refractivity contribution is -0.0988. The quantitative estimate of drug-likeness (QED) is 0.162. The molecule has 0 saturated heterocycles. The zero-order valence-corrected chi connectivity index (χ0v) is 20.3. The van der Waals surface area contributed by atoms with Gasteiger partial charge >= 0.3 is 0 Å². The van der Waals surface area contributed by atoms with E-state index < -0.39 is 5.60 Å². The van der Waals surface area contributed by atoms with E-state index in [1.54, 1.807) is 0 Å². The first-order valence-corrected chi connectivity index (χ1v) is 13.3. The molecule has 0 heterocycles. The van der Waals surface area contributed by atoms with Gasteiger partial charge in [-0.15, -0.1) is 0 Å². The van der Waals surface area contributed by atoms with Gasteiger partial charge in [0, 0.05) is 0 Å². The first kappa shape index (κ1) is 28.0. The van der Waals surface area contributed by atoms with Crippen LogP contribution in [0, 0.1) is 5.92 Å². The van der Waals surface area contributed by atoms with Gasteiger partial charge in [-0.3, -0.25) is 0 Å². The minimum atomic E-state index is -0.644. The molecule has 0 spiro atoms. The van der Waals surface area contributed by atoms with Crippen LogP contribution in [-0.4, -0.2) is 5.60 Å². The zero-order chi connectivity index (χ0) is 20.9.